The average Bonchev–Trinajstić information content (AvgIpc) is 2.36. The van der Waals surface area contributed by atoms with E-state index in [1.165, 1.54) is 12.1 Å². The molecule has 112 valence electrons. The quantitative estimate of drug-likeness (QED) is 0.565. The van der Waals surface area contributed by atoms with Gasteiger partial charge in [-0.25, -0.2) is 0 Å². The van der Waals surface area contributed by atoms with Gasteiger partial charge in [0, 0.05) is 24.4 Å². The third kappa shape index (κ3) is 5.05. The van der Waals surface area contributed by atoms with Crippen LogP contribution in [-0.2, 0) is 0 Å². The van der Waals surface area contributed by atoms with Crippen LogP contribution in [0.5, 0.6) is 5.75 Å². The highest BCUT2D eigenvalue weighted by Gasteiger charge is 2.19. The number of benzene rings is 1. The Morgan fingerprint density at radius 1 is 1.40 bits per heavy atom. The van der Waals surface area contributed by atoms with Crippen molar-refractivity contribution in [2.45, 2.75) is 39.2 Å². The molecule has 0 radical (unpaired) electrons. The standard InChI is InChI=1S/C14H22N2O4/c1-4-6-14(3,17)10-15-11-7-12(16(18)19)9-13(8-11)20-5-2/h7-9,15,17H,4-6,10H2,1-3H3. The first-order chi connectivity index (χ1) is 9.38. The fraction of sp³-hybridized carbons (Fsp3) is 0.571. The number of nitrogens with zero attached hydrogens (tertiary/aromatic N) is 1. The number of anilines is 1. The molecule has 1 aromatic carbocycles. The summed E-state index contributed by atoms with van der Waals surface area (Å²) in [6.45, 7) is 6.32. The molecule has 0 amide bonds. The summed E-state index contributed by atoms with van der Waals surface area (Å²) >= 11 is 0. The Morgan fingerprint density at radius 2 is 2.10 bits per heavy atom. The van der Waals surface area contributed by atoms with Crippen LogP contribution in [0.15, 0.2) is 18.2 Å². The first-order valence-electron chi connectivity index (χ1n) is 6.76. The molecular weight excluding hydrogens is 260 g/mol. The maximum Gasteiger partial charge on any atom is 0.275 e. The zero-order valence-corrected chi connectivity index (χ0v) is 12.2. The Kier molecular flexibility index (Phi) is 5.76. The van der Waals surface area contributed by atoms with Gasteiger partial charge in [0.05, 0.1) is 23.2 Å². The highest BCUT2D eigenvalue weighted by atomic mass is 16.6. The van der Waals surface area contributed by atoms with E-state index in [1.54, 1.807) is 13.0 Å². The van der Waals surface area contributed by atoms with Crippen molar-refractivity contribution in [1.82, 2.24) is 0 Å². The van der Waals surface area contributed by atoms with Gasteiger partial charge >= 0.3 is 0 Å². The summed E-state index contributed by atoms with van der Waals surface area (Å²) in [6.07, 6.45) is 1.53. The average molecular weight is 282 g/mol. The number of hydrogen-bond acceptors (Lipinski definition) is 5. The van der Waals surface area contributed by atoms with Gasteiger partial charge in [-0.1, -0.05) is 13.3 Å². The van der Waals surface area contributed by atoms with Gasteiger partial charge < -0.3 is 15.2 Å². The van der Waals surface area contributed by atoms with E-state index in [2.05, 4.69) is 5.32 Å². The largest absolute Gasteiger partial charge is 0.494 e. The normalized spacial score (nSPS) is 13.6. The van der Waals surface area contributed by atoms with E-state index in [0.717, 1.165) is 6.42 Å². The lowest BCUT2D eigenvalue weighted by atomic mass is 10.0. The van der Waals surface area contributed by atoms with Crippen LogP contribution in [0.2, 0.25) is 0 Å². The molecule has 0 spiro atoms. The lowest BCUT2D eigenvalue weighted by Gasteiger charge is -2.23. The van der Waals surface area contributed by atoms with Gasteiger partial charge in [0.1, 0.15) is 5.75 Å². The number of nitrogens with one attached hydrogen (secondary N) is 1. The van der Waals surface area contributed by atoms with Crippen LogP contribution in [0, 0.1) is 10.1 Å². The topological polar surface area (TPSA) is 84.6 Å². The molecule has 20 heavy (non-hydrogen) atoms. The summed E-state index contributed by atoms with van der Waals surface area (Å²) in [6, 6.07) is 4.52. The molecule has 1 unspecified atom stereocenters. The van der Waals surface area contributed by atoms with Crippen molar-refractivity contribution in [3.05, 3.63) is 28.3 Å². The fourth-order valence-corrected chi connectivity index (χ4v) is 1.96. The van der Waals surface area contributed by atoms with Crippen molar-refractivity contribution < 1.29 is 14.8 Å². The predicted molar refractivity (Wildman–Crippen MR) is 78.3 cm³/mol. The molecular formula is C14H22N2O4. The molecule has 0 heterocycles. The fourth-order valence-electron chi connectivity index (χ4n) is 1.96. The summed E-state index contributed by atoms with van der Waals surface area (Å²) < 4.78 is 5.31. The van der Waals surface area contributed by atoms with Crippen molar-refractivity contribution in [1.29, 1.82) is 0 Å². The van der Waals surface area contributed by atoms with Gasteiger partial charge in [-0.15, -0.1) is 0 Å². The van der Waals surface area contributed by atoms with Gasteiger partial charge in [0.2, 0.25) is 0 Å². The number of ether oxygens (including phenoxy) is 1. The predicted octanol–water partition coefficient (Wildman–Crippen LogP) is 2.96. The lowest BCUT2D eigenvalue weighted by Crippen LogP contribution is -2.33. The van der Waals surface area contributed by atoms with E-state index < -0.39 is 10.5 Å². The Labute approximate surface area is 118 Å². The monoisotopic (exact) mass is 282 g/mol. The molecule has 6 nitrogen and oxygen atoms in total. The molecule has 1 rings (SSSR count). The maximum absolute atomic E-state index is 10.9. The summed E-state index contributed by atoms with van der Waals surface area (Å²) in [7, 11) is 0. The van der Waals surface area contributed by atoms with Crippen LogP contribution in [0.3, 0.4) is 0 Å². The minimum absolute atomic E-state index is 0.0337. The SMILES string of the molecule is CCCC(C)(O)CNc1cc(OCC)cc([N+](=O)[O-])c1. The summed E-state index contributed by atoms with van der Waals surface area (Å²) in [4.78, 5) is 10.4. The van der Waals surface area contributed by atoms with Gasteiger partial charge in [-0.05, 0) is 20.3 Å². The number of nitro groups is 1. The van der Waals surface area contributed by atoms with Gasteiger partial charge in [-0.3, -0.25) is 10.1 Å². The van der Waals surface area contributed by atoms with E-state index in [9.17, 15) is 15.2 Å². The van der Waals surface area contributed by atoms with Crippen LogP contribution >= 0.6 is 0 Å². The van der Waals surface area contributed by atoms with Crippen molar-refractivity contribution >= 4 is 11.4 Å². The van der Waals surface area contributed by atoms with Crippen LogP contribution in [0.1, 0.15) is 33.6 Å². The Hall–Kier alpha value is -1.82. The molecule has 0 saturated heterocycles. The van der Waals surface area contributed by atoms with Gasteiger partial charge in [0.25, 0.3) is 5.69 Å². The molecule has 0 saturated carbocycles. The zero-order chi connectivity index (χ0) is 15.2. The van der Waals surface area contributed by atoms with Crippen molar-refractivity contribution in [3.63, 3.8) is 0 Å². The van der Waals surface area contributed by atoms with E-state index in [1.807, 2.05) is 13.8 Å². The van der Waals surface area contributed by atoms with Crippen molar-refractivity contribution in [3.8, 4) is 5.75 Å². The third-order valence-electron chi connectivity index (χ3n) is 2.88. The third-order valence-corrected chi connectivity index (χ3v) is 2.88. The van der Waals surface area contributed by atoms with Crippen LogP contribution in [0.4, 0.5) is 11.4 Å². The van der Waals surface area contributed by atoms with E-state index in [-0.39, 0.29) is 5.69 Å². The summed E-state index contributed by atoms with van der Waals surface area (Å²) in [5.41, 5.74) is -0.307. The lowest BCUT2D eigenvalue weighted by molar-refractivity contribution is -0.384. The first kappa shape index (κ1) is 16.2. The smallest absolute Gasteiger partial charge is 0.275 e. The molecule has 0 bridgehead atoms. The molecule has 0 aromatic heterocycles. The van der Waals surface area contributed by atoms with Gasteiger partial charge in [0.15, 0.2) is 0 Å². The van der Waals surface area contributed by atoms with Crippen molar-refractivity contribution in [2.75, 3.05) is 18.5 Å². The summed E-state index contributed by atoms with van der Waals surface area (Å²) in [5.74, 6) is 0.444. The maximum atomic E-state index is 10.9. The molecule has 1 atom stereocenters. The van der Waals surface area contributed by atoms with Crippen LogP contribution < -0.4 is 10.1 Å². The minimum atomic E-state index is -0.842. The second-order valence-electron chi connectivity index (χ2n) is 5.01. The molecule has 0 aliphatic heterocycles. The van der Waals surface area contributed by atoms with E-state index >= 15 is 0 Å². The number of nitro benzene ring substituents is 1. The second kappa shape index (κ2) is 7.09. The molecule has 6 heteroatoms. The molecule has 0 fully saturated rings. The Balaban J connectivity index is 2.85. The Bertz CT molecular complexity index is 460. The molecule has 0 aliphatic carbocycles. The number of aliphatic hydroxyl groups is 1. The van der Waals surface area contributed by atoms with Gasteiger partial charge in [-0.2, -0.15) is 0 Å². The zero-order valence-electron chi connectivity index (χ0n) is 12.2. The summed E-state index contributed by atoms with van der Waals surface area (Å²) in [5, 5.41) is 24.0. The minimum Gasteiger partial charge on any atom is -0.494 e. The van der Waals surface area contributed by atoms with E-state index in [4.69, 9.17) is 4.74 Å². The highest BCUT2D eigenvalue weighted by molar-refractivity contribution is 5.56. The highest BCUT2D eigenvalue weighted by Crippen LogP contribution is 2.26. The molecule has 1 aromatic rings. The van der Waals surface area contributed by atoms with Crippen molar-refractivity contribution in [2.24, 2.45) is 0 Å². The second-order valence-corrected chi connectivity index (χ2v) is 5.01. The molecule has 0 aliphatic rings. The first-order valence-corrected chi connectivity index (χ1v) is 6.76. The Morgan fingerprint density at radius 3 is 2.65 bits per heavy atom. The number of hydrogen-bond donors (Lipinski definition) is 2. The number of non-ortho nitro benzene ring substituents is 1. The van der Waals surface area contributed by atoms with Crippen LogP contribution in [0.25, 0.3) is 0 Å². The molecule has 2 N–H and O–H groups in total. The van der Waals surface area contributed by atoms with E-state index in [0.29, 0.717) is 31.0 Å². The van der Waals surface area contributed by atoms with Crippen LogP contribution in [-0.4, -0.2) is 28.8 Å². The number of rotatable bonds is 8.